The maximum Gasteiger partial charge on any atom is 0.306 e. The first-order valence-corrected chi connectivity index (χ1v) is 27.7. The SMILES string of the molecule is CCCCCCCCCCCCCCCCCCC(=O)OC[C@@H](COC(=O)CCCCCCCCCCCCC(C)C)OC(=O)CCCCCCCCCCCCCCC(C)C. The molecule has 0 N–H and O–H groups in total. The van der Waals surface area contributed by atoms with E-state index in [1.165, 1.54) is 199 Å². The van der Waals surface area contributed by atoms with E-state index in [1.807, 2.05) is 0 Å². The van der Waals surface area contributed by atoms with Crippen molar-refractivity contribution in [2.75, 3.05) is 13.2 Å². The van der Waals surface area contributed by atoms with Gasteiger partial charge in [0.15, 0.2) is 6.10 Å². The Balaban J connectivity index is 4.31. The molecule has 62 heavy (non-hydrogen) atoms. The summed E-state index contributed by atoms with van der Waals surface area (Å²) in [6.07, 6.45) is 50.9. The van der Waals surface area contributed by atoms with Crippen LogP contribution < -0.4 is 0 Å². The molecule has 0 rings (SSSR count). The molecule has 0 aliphatic carbocycles. The molecule has 0 bridgehead atoms. The molecule has 0 amide bonds. The third kappa shape index (κ3) is 49.4. The van der Waals surface area contributed by atoms with Crippen molar-refractivity contribution in [3.63, 3.8) is 0 Å². The average Bonchev–Trinajstić information content (AvgIpc) is 3.24. The molecule has 0 radical (unpaired) electrons. The van der Waals surface area contributed by atoms with Gasteiger partial charge in [0.2, 0.25) is 0 Å². The third-order valence-electron chi connectivity index (χ3n) is 12.7. The molecule has 0 aliphatic rings. The van der Waals surface area contributed by atoms with E-state index in [0.717, 1.165) is 69.6 Å². The number of unbranched alkanes of at least 4 members (excludes halogenated alkanes) is 35. The van der Waals surface area contributed by atoms with Crippen molar-refractivity contribution < 1.29 is 28.6 Å². The fourth-order valence-corrected chi connectivity index (χ4v) is 8.52. The van der Waals surface area contributed by atoms with Gasteiger partial charge in [-0.1, -0.05) is 272 Å². The van der Waals surface area contributed by atoms with Gasteiger partial charge in [-0.2, -0.15) is 0 Å². The van der Waals surface area contributed by atoms with Gasteiger partial charge >= 0.3 is 17.9 Å². The summed E-state index contributed by atoms with van der Waals surface area (Å²) >= 11 is 0. The Bertz CT molecular complexity index is 947. The van der Waals surface area contributed by atoms with Crippen molar-refractivity contribution >= 4 is 17.9 Å². The van der Waals surface area contributed by atoms with Gasteiger partial charge in [-0.15, -0.1) is 0 Å². The minimum Gasteiger partial charge on any atom is -0.462 e. The number of hydrogen-bond donors (Lipinski definition) is 0. The van der Waals surface area contributed by atoms with Gasteiger partial charge in [0.25, 0.3) is 0 Å². The zero-order valence-electron chi connectivity index (χ0n) is 42.5. The minimum atomic E-state index is -0.762. The predicted octanol–water partition coefficient (Wildman–Crippen LogP) is 18.1. The van der Waals surface area contributed by atoms with Crippen LogP contribution in [0.25, 0.3) is 0 Å². The smallest absolute Gasteiger partial charge is 0.306 e. The lowest BCUT2D eigenvalue weighted by Crippen LogP contribution is -2.30. The quantitative estimate of drug-likeness (QED) is 0.0344. The zero-order chi connectivity index (χ0) is 45.4. The summed E-state index contributed by atoms with van der Waals surface area (Å²) in [5.41, 5.74) is 0. The molecule has 0 aromatic rings. The minimum absolute atomic E-state index is 0.0631. The zero-order valence-corrected chi connectivity index (χ0v) is 42.5. The number of ether oxygens (including phenoxy) is 3. The summed E-state index contributed by atoms with van der Waals surface area (Å²) in [4.78, 5) is 38.1. The maximum absolute atomic E-state index is 12.8. The molecule has 0 aliphatic heterocycles. The van der Waals surface area contributed by atoms with Gasteiger partial charge in [-0.25, -0.2) is 0 Å². The van der Waals surface area contributed by atoms with Crippen LogP contribution in [0.15, 0.2) is 0 Å². The molecule has 0 fully saturated rings. The van der Waals surface area contributed by atoms with Crippen LogP contribution in [0.3, 0.4) is 0 Å². The van der Waals surface area contributed by atoms with Crippen molar-refractivity contribution in [2.24, 2.45) is 11.8 Å². The molecule has 0 spiro atoms. The third-order valence-corrected chi connectivity index (χ3v) is 12.7. The predicted molar refractivity (Wildman–Crippen MR) is 266 cm³/mol. The Labute approximate surface area is 387 Å². The van der Waals surface area contributed by atoms with Gasteiger partial charge in [0.1, 0.15) is 13.2 Å². The summed E-state index contributed by atoms with van der Waals surface area (Å²) in [5.74, 6) is 0.807. The van der Waals surface area contributed by atoms with E-state index in [0.29, 0.717) is 19.3 Å². The first-order valence-electron chi connectivity index (χ1n) is 27.7. The Kier molecular flexibility index (Phi) is 47.6. The van der Waals surface area contributed by atoms with Gasteiger partial charge < -0.3 is 14.2 Å². The lowest BCUT2D eigenvalue weighted by Gasteiger charge is -2.18. The average molecular weight is 877 g/mol. The second-order valence-corrected chi connectivity index (χ2v) is 20.2. The highest BCUT2D eigenvalue weighted by Gasteiger charge is 2.19. The largest absolute Gasteiger partial charge is 0.462 e. The van der Waals surface area contributed by atoms with Gasteiger partial charge in [-0.3, -0.25) is 14.4 Å². The monoisotopic (exact) mass is 877 g/mol. The molecular weight excluding hydrogens is 769 g/mol. The van der Waals surface area contributed by atoms with Crippen LogP contribution in [0, 0.1) is 11.8 Å². The van der Waals surface area contributed by atoms with Crippen LogP contribution >= 0.6 is 0 Å². The summed E-state index contributed by atoms with van der Waals surface area (Å²) in [6.45, 7) is 11.4. The van der Waals surface area contributed by atoms with Crippen molar-refractivity contribution in [3.05, 3.63) is 0 Å². The Morgan fingerprint density at radius 1 is 0.306 bits per heavy atom. The van der Waals surface area contributed by atoms with E-state index in [4.69, 9.17) is 14.2 Å². The van der Waals surface area contributed by atoms with Gasteiger partial charge in [0, 0.05) is 19.3 Å². The number of carbonyl (C=O) groups is 3. The molecule has 0 aromatic heterocycles. The van der Waals surface area contributed by atoms with Crippen LogP contribution in [0.5, 0.6) is 0 Å². The molecule has 368 valence electrons. The molecule has 0 saturated heterocycles. The Hall–Kier alpha value is -1.59. The van der Waals surface area contributed by atoms with Crippen molar-refractivity contribution in [2.45, 2.75) is 317 Å². The normalized spacial score (nSPS) is 12.0. The number of rotatable bonds is 50. The van der Waals surface area contributed by atoms with Crippen LogP contribution in [0.1, 0.15) is 311 Å². The summed E-state index contributed by atoms with van der Waals surface area (Å²) in [5, 5.41) is 0. The first-order chi connectivity index (χ1) is 30.2. The molecular formula is C56H108O6. The molecule has 6 nitrogen and oxygen atoms in total. The molecule has 1 atom stereocenters. The molecule has 6 heteroatoms. The fourth-order valence-electron chi connectivity index (χ4n) is 8.52. The summed E-state index contributed by atoms with van der Waals surface area (Å²) in [7, 11) is 0. The second-order valence-electron chi connectivity index (χ2n) is 20.2. The van der Waals surface area contributed by atoms with E-state index >= 15 is 0 Å². The Morgan fingerprint density at radius 3 is 0.790 bits per heavy atom. The molecule has 0 heterocycles. The van der Waals surface area contributed by atoms with Crippen LogP contribution in [0.4, 0.5) is 0 Å². The number of esters is 3. The van der Waals surface area contributed by atoms with E-state index in [2.05, 4.69) is 34.6 Å². The second kappa shape index (κ2) is 48.9. The standard InChI is InChI=1S/C56H108O6/c1-6-7-8-9-10-11-12-13-14-15-16-20-26-31-36-41-46-54(57)60-49-53(50-61-55(58)47-42-37-32-27-23-22-25-30-35-40-45-52(4)5)62-56(59)48-43-38-33-28-21-18-17-19-24-29-34-39-44-51(2)3/h51-53H,6-50H2,1-5H3/t53-/m0/s1. The molecule has 0 saturated carbocycles. The van der Waals surface area contributed by atoms with E-state index in [9.17, 15) is 14.4 Å². The van der Waals surface area contributed by atoms with Gasteiger partial charge in [-0.05, 0) is 31.1 Å². The highest BCUT2D eigenvalue weighted by atomic mass is 16.6. The van der Waals surface area contributed by atoms with Gasteiger partial charge in [0.05, 0.1) is 0 Å². The number of hydrogen-bond acceptors (Lipinski definition) is 6. The van der Waals surface area contributed by atoms with Crippen LogP contribution in [0.2, 0.25) is 0 Å². The highest BCUT2D eigenvalue weighted by Crippen LogP contribution is 2.18. The topological polar surface area (TPSA) is 78.9 Å². The maximum atomic E-state index is 12.8. The summed E-state index contributed by atoms with van der Waals surface area (Å²) in [6, 6.07) is 0. The first kappa shape index (κ1) is 60.4. The number of carbonyl (C=O) groups excluding carboxylic acids is 3. The Morgan fingerprint density at radius 2 is 0.532 bits per heavy atom. The lowest BCUT2D eigenvalue weighted by molar-refractivity contribution is -0.167. The highest BCUT2D eigenvalue weighted by molar-refractivity contribution is 5.71. The summed E-state index contributed by atoms with van der Waals surface area (Å²) < 4.78 is 16.9. The van der Waals surface area contributed by atoms with Crippen molar-refractivity contribution in [3.8, 4) is 0 Å². The molecule has 0 aromatic carbocycles. The van der Waals surface area contributed by atoms with Crippen LogP contribution in [-0.4, -0.2) is 37.2 Å². The van der Waals surface area contributed by atoms with E-state index in [-0.39, 0.29) is 31.1 Å². The van der Waals surface area contributed by atoms with Crippen LogP contribution in [-0.2, 0) is 28.6 Å². The lowest BCUT2D eigenvalue weighted by atomic mass is 10.0. The van der Waals surface area contributed by atoms with E-state index in [1.54, 1.807) is 0 Å². The fraction of sp³-hybridized carbons (Fsp3) is 0.946. The van der Waals surface area contributed by atoms with Crippen molar-refractivity contribution in [1.82, 2.24) is 0 Å². The van der Waals surface area contributed by atoms with E-state index < -0.39 is 6.10 Å². The van der Waals surface area contributed by atoms with Crippen molar-refractivity contribution in [1.29, 1.82) is 0 Å². The molecule has 0 unspecified atom stereocenters.